The van der Waals surface area contributed by atoms with Crippen molar-refractivity contribution in [3.05, 3.63) is 29.8 Å². The van der Waals surface area contributed by atoms with Crippen LogP contribution >= 0.6 is 0 Å². The number of benzene rings is 1. The van der Waals surface area contributed by atoms with Crippen molar-refractivity contribution in [3.63, 3.8) is 0 Å². The number of para-hydroxylation sites is 1. The van der Waals surface area contributed by atoms with Gasteiger partial charge in [0.05, 0.1) is 19.8 Å². The van der Waals surface area contributed by atoms with E-state index in [-0.39, 0.29) is 18.6 Å². The van der Waals surface area contributed by atoms with Gasteiger partial charge in [0.2, 0.25) is 5.91 Å². The zero-order chi connectivity index (χ0) is 19.5. The minimum atomic E-state index is -0.442. The summed E-state index contributed by atoms with van der Waals surface area (Å²) in [4.78, 5) is 26.1. The predicted molar refractivity (Wildman–Crippen MR) is 104 cm³/mol. The summed E-state index contributed by atoms with van der Waals surface area (Å²) in [5.41, 5.74) is 0.998. The number of carbonyl (C=O) groups excluding carboxylic acids is 2. The predicted octanol–water partition coefficient (Wildman–Crippen LogP) is 2.30. The number of nitrogens with zero attached hydrogens (tertiary/aromatic N) is 1. The molecule has 150 valence electrons. The van der Waals surface area contributed by atoms with Crippen LogP contribution in [0.25, 0.3) is 0 Å². The summed E-state index contributed by atoms with van der Waals surface area (Å²) >= 11 is 0. The maximum absolute atomic E-state index is 12.3. The summed E-state index contributed by atoms with van der Waals surface area (Å²) in [7, 11) is 1.64. The zero-order valence-electron chi connectivity index (χ0n) is 16.3. The minimum absolute atomic E-state index is 0.117. The first-order chi connectivity index (χ1) is 13.1. The van der Waals surface area contributed by atoms with Crippen LogP contribution in [-0.2, 0) is 16.1 Å². The van der Waals surface area contributed by atoms with Crippen molar-refractivity contribution in [1.82, 2.24) is 15.5 Å². The van der Waals surface area contributed by atoms with Crippen molar-refractivity contribution >= 4 is 11.9 Å². The second-order valence-electron chi connectivity index (χ2n) is 6.77. The van der Waals surface area contributed by atoms with E-state index in [1.54, 1.807) is 7.11 Å². The highest BCUT2D eigenvalue weighted by Crippen LogP contribution is 2.21. The monoisotopic (exact) mass is 377 g/mol. The molecule has 7 nitrogen and oxygen atoms in total. The number of urea groups is 1. The molecule has 3 amide bonds. The number of ether oxygens (including phenoxy) is 2. The fourth-order valence-electron chi connectivity index (χ4n) is 3.13. The van der Waals surface area contributed by atoms with Crippen molar-refractivity contribution in [1.29, 1.82) is 0 Å². The second kappa shape index (κ2) is 11.6. The lowest BCUT2D eigenvalue weighted by atomic mass is 10.1. The van der Waals surface area contributed by atoms with Crippen LogP contribution in [0.3, 0.4) is 0 Å². The van der Waals surface area contributed by atoms with Gasteiger partial charge < -0.3 is 14.8 Å². The van der Waals surface area contributed by atoms with Crippen LogP contribution in [0.5, 0.6) is 5.75 Å². The molecule has 0 aliphatic carbocycles. The van der Waals surface area contributed by atoms with Crippen molar-refractivity contribution in [2.75, 3.05) is 33.4 Å². The Morgan fingerprint density at radius 3 is 2.85 bits per heavy atom. The van der Waals surface area contributed by atoms with E-state index in [0.29, 0.717) is 19.6 Å². The summed E-state index contributed by atoms with van der Waals surface area (Å²) in [6.45, 7) is 4.69. The van der Waals surface area contributed by atoms with Gasteiger partial charge in [-0.25, -0.2) is 4.79 Å². The molecule has 1 aliphatic rings. The van der Waals surface area contributed by atoms with Crippen LogP contribution in [0.2, 0.25) is 0 Å². The van der Waals surface area contributed by atoms with Gasteiger partial charge in [-0.2, -0.15) is 0 Å². The van der Waals surface area contributed by atoms with E-state index < -0.39 is 6.03 Å². The number of methoxy groups -OCH3 is 1. The van der Waals surface area contributed by atoms with Crippen LogP contribution in [-0.4, -0.2) is 56.3 Å². The van der Waals surface area contributed by atoms with Gasteiger partial charge in [-0.15, -0.1) is 0 Å². The molecule has 0 unspecified atom stereocenters. The molecule has 1 heterocycles. The van der Waals surface area contributed by atoms with E-state index in [0.717, 1.165) is 43.6 Å². The van der Waals surface area contributed by atoms with Crippen molar-refractivity contribution in [3.8, 4) is 5.75 Å². The number of unbranched alkanes of at least 4 members (excludes halogenated alkanes) is 1. The van der Waals surface area contributed by atoms with Gasteiger partial charge in [0.1, 0.15) is 5.75 Å². The molecule has 27 heavy (non-hydrogen) atoms. The first kappa shape index (κ1) is 21.2. The zero-order valence-corrected chi connectivity index (χ0v) is 16.3. The third-order valence-corrected chi connectivity index (χ3v) is 4.51. The largest absolute Gasteiger partial charge is 0.496 e. The highest BCUT2D eigenvalue weighted by atomic mass is 16.5. The lowest BCUT2D eigenvalue weighted by molar-refractivity contribution is -0.121. The third-order valence-electron chi connectivity index (χ3n) is 4.51. The smallest absolute Gasteiger partial charge is 0.321 e. The summed E-state index contributed by atoms with van der Waals surface area (Å²) in [5.74, 6) is 0.462. The molecule has 2 N–H and O–H groups in total. The Morgan fingerprint density at radius 2 is 2.15 bits per heavy atom. The van der Waals surface area contributed by atoms with E-state index in [1.807, 2.05) is 36.1 Å². The number of imide groups is 1. The molecule has 0 radical (unpaired) electrons. The summed E-state index contributed by atoms with van der Waals surface area (Å²) in [6, 6.07) is 7.31. The number of nitrogens with one attached hydrogen (secondary N) is 2. The second-order valence-corrected chi connectivity index (χ2v) is 6.77. The molecule has 2 rings (SSSR count). The maximum atomic E-state index is 12.3. The summed E-state index contributed by atoms with van der Waals surface area (Å²) < 4.78 is 11.1. The molecule has 1 atom stereocenters. The fourth-order valence-corrected chi connectivity index (χ4v) is 3.13. The summed E-state index contributed by atoms with van der Waals surface area (Å²) in [5, 5.41) is 5.10. The molecule has 1 aliphatic heterocycles. The van der Waals surface area contributed by atoms with E-state index in [2.05, 4.69) is 10.6 Å². The van der Waals surface area contributed by atoms with Crippen LogP contribution in [0.4, 0.5) is 4.79 Å². The van der Waals surface area contributed by atoms with Gasteiger partial charge >= 0.3 is 6.03 Å². The first-order valence-corrected chi connectivity index (χ1v) is 9.66. The Hall–Kier alpha value is -2.12. The van der Waals surface area contributed by atoms with Crippen molar-refractivity contribution < 1.29 is 19.1 Å². The molecular weight excluding hydrogens is 346 g/mol. The average Bonchev–Trinajstić information content (AvgIpc) is 3.15. The number of carbonyl (C=O) groups is 2. The molecule has 7 heteroatoms. The third kappa shape index (κ3) is 7.56. The van der Waals surface area contributed by atoms with Crippen molar-refractivity contribution in [2.24, 2.45) is 0 Å². The molecule has 1 saturated heterocycles. The average molecular weight is 377 g/mol. The SMILES string of the molecule is CCCCNC(=O)NC(=O)CN(Cc1ccccc1OC)C[C@@H]1CCCO1. The molecule has 0 bridgehead atoms. The van der Waals surface area contributed by atoms with Gasteiger partial charge in [-0.3, -0.25) is 15.0 Å². The topological polar surface area (TPSA) is 79.9 Å². The van der Waals surface area contributed by atoms with E-state index >= 15 is 0 Å². The Bertz CT molecular complexity index is 603. The van der Waals surface area contributed by atoms with E-state index in [4.69, 9.17) is 9.47 Å². The molecule has 1 aromatic rings. The van der Waals surface area contributed by atoms with Crippen LogP contribution < -0.4 is 15.4 Å². The lowest BCUT2D eigenvalue weighted by Crippen LogP contribution is -2.46. The first-order valence-electron chi connectivity index (χ1n) is 9.66. The Morgan fingerprint density at radius 1 is 1.33 bits per heavy atom. The number of hydrogen-bond acceptors (Lipinski definition) is 5. The molecule has 0 spiro atoms. The normalized spacial score (nSPS) is 16.3. The van der Waals surface area contributed by atoms with Crippen LogP contribution in [0.1, 0.15) is 38.2 Å². The van der Waals surface area contributed by atoms with Crippen molar-refractivity contribution in [2.45, 2.75) is 45.3 Å². The molecular formula is C20H31N3O4. The van der Waals surface area contributed by atoms with Gasteiger partial charge in [0.25, 0.3) is 0 Å². The maximum Gasteiger partial charge on any atom is 0.321 e. The Kier molecular flexibility index (Phi) is 9.07. The number of rotatable bonds is 10. The minimum Gasteiger partial charge on any atom is -0.496 e. The molecule has 0 aromatic heterocycles. The Balaban J connectivity index is 1.94. The van der Waals surface area contributed by atoms with Gasteiger partial charge in [0.15, 0.2) is 0 Å². The highest BCUT2D eigenvalue weighted by Gasteiger charge is 2.22. The van der Waals surface area contributed by atoms with Gasteiger partial charge in [-0.1, -0.05) is 31.5 Å². The number of amides is 3. The van der Waals surface area contributed by atoms with Crippen LogP contribution in [0.15, 0.2) is 24.3 Å². The van der Waals surface area contributed by atoms with Gasteiger partial charge in [-0.05, 0) is 25.3 Å². The fraction of sp³-hybridized carbons (Fsp3) is 0.600. The molecule has 1 fully saturated rings. The molecule has 1 aromatic carbocycles. The van der Waals surface area contributed by atoms with E-state index in [9.17, 15) is 9.59 Å². The van der Waals surface area contributed by atoms with Crippen LogP contribution in [0, 0.1) is 0 Å². The highest BCUT2D eigenvalue weighted by molar-refractivity contribution is 5.95. The number of hydrogen-bond donors (Lipinski definition) is 2. The Labute approximate surface area is 161 Å². The quantitative estimate of drug-likeness (QED) is 0.612. The summed E-state index contributed by atoms with van der Waals surface area (Å²) in [6.07, 6.45) is 4.02. The van der Waals surface area contributed by atoms with Gasteiger partial charge in [0, 0.05) is 31.8 Å². The lowest BCUT2D eigenvalue weighted by Gasteiger charge is -2.25. The standard InChI is InChI=1S/C20H31N3O4/c1-3-4-11-21-20(25)22-19(24)15-23(14-17-9-7-12-27-17)13-16-8-5-6-10-18(16)26-2/h5-6,8,10,17H,3-4,7,9,11-15H2,1-2H3,(H2,21,22,24,25)/t17-/m0/s1. The molecule has 0 saturated carbocycles. The van der Waals surface area contributed by atoms with E-state index in [1.165, 1.54) is 0 Å².